The molecule has 0 amide bonds. The van der Waals surface area contributed by atoms with Crippen LogP contribution in [0, 0.1) is 0 Å². The van der Waals surface area contributed by atoms with Crippen molar-refractivity contribution >= 4 is 21.9 Å². The minimum Gasteiger partial charge on any atom is -0.456 e. The first-order valence-corrected chi connectivity index (χ1v) is 24.7. The van der Waals surface area contributed by atoms with E-state index in [1.54, 1.807) is 0 Å². The number of aromatic nitrogens is 3. The van der Waals surface area contributed by atoms with Crippen LogP contribution >= 0.6 is 0 Å². The van der Waals surface area contributed by atoms with Gasteiger partial charge in [-0.25, -0.2) is 15.0 Å². The molecular weight excluding hydrogens is 899 g/mol. The molecule has 14 rings (SSSR count). The van der Waals surface area contributed by atoms with Crippen molar-refractivity contribution in [1.82, 2.24) is 15.0 Å². The number of hydrogen-bond acceptors (Lipinski definition) is 4. The van der Waals surface area contributed by atoms with E-state index in [9.17, 15) is 6.85 Å². The highest BCUT2D eigenvalue weighted by atomic mass is 16.3. The lowest BCUT2D eigenvalue weighted by Crippen LogP contribution is -2.28. The number of rotatable bonds is 9. The van der Waals surface area contributed by atoms with Gasteiger partial charge in [-0.1, -0.05) is 237 Å². The van der Waals surface area contributed by atoms with Crippen LogP contribution in [0.2, 0.25) is 0 Å². The highest BCUT2D eigenvalue weighted by Crippen LogP contribution is 2.56. The van der Waals surface area contributed by atoms with Gasteiger partial charge in [0.15, 0.2) is 17.5 Å². The summed E-state index contributed by atoms with van der Waals surface area (Å²) in [4.78, 5) is 15.4. The normalized spacial score (nSPS) is 13.6. The van der Waals surface area contributed by atoms with E-state index >= 15 is 0 Å². The smallest absolute Gasteiger partial charge is 0.164 e. The minimum absolute atomic E-state index is 0.0149. The quantitative estimate of drug-likeness (QED) is 0.145. The van der Waals surface area contributed by atoms with Crippen LogP contribution < -0.4 is 0 Å². The summed E-state index contributed by atoms with van der Waals surface area (Å²) in [6, 6.07) is 77.7. The van der Waals surface area contributed by atoms with Gasteiger partial charge in [-0.05, 0) is 114 Å². The molecule has 0 radical (unpaired) electrons. The van der Waals surface area contributed by atoms with Gasteiger partial charge in [0.1, 0.15) is 11.2 Å². The summed E-state index contributed by atoms with van der Waals surface area (Å²) < 4.78 is 64.2. The molecule has 0 aliphatic heterocycles. The van der Waals surface area contributed by atoms with Crippen molar-refractivity contribution in [3.05, 3.63) is 295 Å². The number of furan rings is 1. The van der Waals surface area contributed by atoms with Crippen LogP contribution in [0.15, 0.2) is 277 Å². The molecule has 2 heterocycles. The zero-order valence-corrected chi connectivity index (χ0v) is 39.8. The van der Waals surface area contributed by atoms with E-state index in [0.717, 1.165) is 44.5 Å². The van der Waals surface area contributed by atoms with Crippen molar-refractivity contribution in [3.8, 4) is 89.8 Å². The Morgan fingerprint density at radius 1 is 0.324 bits per heavy atom. The van der Waals surface area contributed by atoms with Crippen LogP contribution in [0.25, 0.3) is 112 Å². The van der Waals surface area contributed by atoms with Crippen LogP contribution in [0.3, 0.4) is 0 Å². The predicted octanol–water partition coefficient (Wildman–Crippen LogP) is 17.8. The van der Waals surface area contributed by atoms with E-state index in [2.05, 4.69) is 91.0 Å². The zero-order chi connectivity index (χ0) is 54.2. The molecule has 0 saturated carbocycles. The average molecular weight is 950 g/mol. The Morgan fingerprint density at radius 2 is 0.811 bits per heavy atom. The first kappa shape index (κ1) is 37.1. The van der Waals surface area contributed by atoms with E-state index in [0.29, 0.717) is 22.5 Å². The van der Waals surface area contributed by atoms with Crippen molar-refractivity contribution in [1.29, 1.82) is 0 Å². The van der Waals surface area contributed by atoms with E-state index in [4.69, 9.17) is 20.7 Å². The van der Waals surface area contributed by atoms with Crippen molar-refractivity contribution in [3.63, 3.8) is 0 Å². The molecule has 4 nitrogen and oxygen atoms in total. The molecule has 346 valence electrons. The molecule has 4 heteroatoms. The second-order valence-electron chi connectivity index (χ2n) is 18.5. The lowest BCUT2D eigenvalue weighted by Gasteiger charge is -2.34. The van der Waals surface area contributed by atoms with E-state index in [1.165, 1.54) is 22.3 Å². The number of nitrogens with zero attached hydrogens (tertiary/aromatic N) is 3. The van der Waals surface area contributed by atoms with E-state index < -0.39 is 5.41 Å². The fourth-order valence-corrected chi connectivity index (χ4v) is 11.0. The summed E-state index contributed by atoms with van der Waals surface area (Å²) in [5.74, 6) is 0.569. The fraction of sp³-hybridized carbons (Fsp3) is 0.0143. The van der Waals surface area contributed by atoms with Gasteiger partial charge in [-0.2, -0.15) is 0 Å². The Kier molecular flexibility index (Phi) is 8.93. The van der Waals surface area contributed by atoms with Crippen molar-refractivity contribution in [2.45, 2.75) is 5.41 Å². The highest BCUT2D eigenvalue weighted by molar-refractivity contribution is 6.13. The van der Waals surface area contributed by atoms with Crippen molar-refractivity contribution < 1.29 is 12.6 Å². The first-order valence-electron chi connectivity index (χ1n) is 27.7. The maximum absolute atomic E-state index is 10.0. The molecular formula is C70H45N3O. The molecule has 0 saturated heterocycles. The third-order valence-electron chi connectivity index (χ3n) is 14.4. The van der Waals surface area contributed by atoms with Gasteiger partial charge in [-0.3, -0.25) is 0 Å². The van der Waals surface area contributed by atoms with Gasteiger partial charge in [0.05, 0.1) is 13.6 Å². The molecule has 0 N–H and O–H groups in total. The largest absolute Gasteiger partial charge is 0.456 e. The lowest BCUT2D eigenvalue weighted by molar-refractivity contribution is 0.669. The Labute approximate surface area is 438 Å². The highest BCUT2D eigenvalue weighted by Gasteiger charge is 2.45. The molecule has 1 aliphatic rings. The standard InChI is InChI=1S/C70H45N3O/c1-5-20-46(21-6-1)51-42-52(47-22-7-2-8-23-47)44-53(43-51)57-32-19-35-64-66(57)61-41-38-50(45-65(61)74-64)68-71-67(72-69(73-68)60-31-14-13-28-56(60)48-24-9-3-10-25-48)49-36-39-55(40-37-49)70(54-26-11-4-12-27-54)62-33-17-15-29-58(62)59-30-16-18-34-63(59)70/h1-45H/i19D,32D,35D,38D,41D,45D. The molecule has 11 aromatic carbocycles. The summed E-state index contributed by atoms with van der Waals surface area (Å²) >= 11 is 0. The van der Waals surface area contributed by atoms with Gasteiger partial charge >= 0.3 is 0 Å². The van der Waals surface area contributed by atoms with Crippen LogP contribution in [0.4, 0.5) is 0 Å². The van der Waals surface area contributed by atoms with Crippen LogP contribution in [-0.4, -0.2) is 15.0 Å². The summed E-state index contributed by atoms with van der Waals surface area (Å²) in [6.07, 6.45) is 0. The van der Waals surface area contributed by atoms with Gasteiger partial charge in [-0.15, -0.1) is 0 Å². The topological polar surface area (TPSA) is 51.8 Å². The van der Waals surface area contributed by atoms with E-state index in [-0.39, 0.29) is 81.0 Å². The lowest BCUT2D eigenvalue weighted by atomic mass is 9.67. The Balaban J connectivity index is 0.987. The molecule has 13 aromatic rings. The number of hydrogen-bond donors (Lipinski definition) is 0. The third-order valence-corrected chi connectivity index (χ3v) is 14.4. The first-order chi connectivity index (χ1) is 39.2. The molecule has 2 aromatic heterocycles. The SMILES string of the molecule is [2H]c1c([2H])c(-c2cc(-c3ccccc3)cc(-c3ccccc3)c2)c2c(oc3c([2H])c(-c4nc(-c5ccc(C6(c7ccccc7)c7ccccc7-c7ccccc76)cc5)nc(-c5ccccc5-c5ccccc5)n4)c([2H])c([2H])c32)c1[2H]. The molecule has 0 atom stereocenters. The number of fused-ring (bicyclic) bond motifs is 6. The summed E-state index contributed by atoms with van der Waals surface area (Å²) in [5.41, 5.74) is 13.6. The predicted molar refractivity (Wildman–Crippen MR) is 302 cm³/mol. The maximum Gasteiger partial charge on any atom is 0.164 e. The molecule has 74 heavy (non-hydrogen) atoms. The monoisotopic (exact) mass is 949 g/mol. The second-order valence-corrected chi connectivity index (χ2v) is 18.5. The molecule has 0 spiro atoms. The van der Waals surface area contributed by atoms with E-state index in [1.807, 2.05) is 146 Å². The van der Waals surface area contributed by atoms with Crippen LogP contribution in [0.1, 0.15) is 30.5 Å². The van der Waals surface area contributed by atoms with Crippen molar-refractivity contribution in [2.75, 3.05) is 0 Å². The third kappa shape index (κ3) is 7.18. The summed E-state index contributed by atoms with van der Waals surface area (Å²) in [6.45, 7) is 0. The second kappa shape index (κ2) is 17.8. The van der Waals surface area contributed by atoms with Crippen LogP contribution in [0.5, 0.6) is 0 Å². The van der Waals surface area contributed by atoms with Gasteiger partial charge < -0.3 is 4.42 Å². The van der Waals surface area contributed by atoms with Crippen LogP contribution in [-0.2, 0) is 5.41 Å². The number of benzene rings is 11. The Hall–Kier alpha value is -9.77. The van der Waals surface area contributed by atoms with Gasteiger partial charge in [0, 0.05) is 27.5 Å². The maximum atomic E-state index is 10.0. The average Bonchev–Trinajstić information content (AvgIpc) is 4.29. The minimum atomic E-state index is -0.640. The Bertz CT molecular complexity index is 4490. The summed E-state index contributed by atoms with van der Waals surface area (Å²) in [7, 11) is 0. The van der Waals surface area contributed by atoms with Crippen molar-refractivity contribution in [2.24, 2.45) is 0 Å². The van der Waals surface area contributed by atoms with Gasteiger partial charge in [0.25, 0.3) is 0 Å². The molecule has 0 unspecified atom stereocenters. The Morgan fingerprint density at radius 3 is 1.43 bits per heavy atom. The molecule has 0 fully saturated rings. The molecule has 0 bridgehead atoms. The fourth-order valence-electron chi connectivity index (χ4n) is 11.0. The van der Waals surface area contributed by atoms with Gasteiger partial charge in [0.2, 0.25) is 0 Å². The molecule has 1 aliphatic carbocycles. The zero-order valence-electron chi connectivity index (χ0n) is 45.8. The summed E-state index contributed by atoms with van der Waals surface area (Å²) in [5, 5.41) is 0.299.